The molecule has 0 fully saturated rings. The van der Waals surface area contributed by atoms with Crippen molar-refractivity contribution in [3.8, 4) is 6.07 Å². The number of halogens is 3. The van der Waals surface area contributed by atoms with Crippen LogP contribution in [-0.2, 0) is 10.0 Å². The predicted molar refractivity (Wildman–Crippen MR) is 58.0 cm³/mol. The number of pyridine rings is 1. The first-order valence-electron chi connectivity index (χ1n) is 3.68. The van der Waals surface area contributed by atoms with Gasteiger partial charge in [0.05, 0.1) is 9.13 Å². The van der Waals surface area contributed by atoms with E-state index in [2.05, 4.69) is 4.98 Å². The Hall–Kier alpha value is -0.860. The van der Waals surface area contributed by atoms with Crippen LogP contribution in [0.2, 0.25) is 0 Å². The number of aromatic nitrogens is 1. The molecule has 0 spiro atoms. The third-order valence-electron chi connectivity index (χ3n) is 1.61. The van der Waals surface area contributed by atoms with E-state index in [1.807, 2.05) is 0 Å². The van der Waals surface area contributed by atoms with Crippen molar-refractivity contribution < 1.29 is 17.2 Å². The van der Waals surface area contributed by atoms with Gasteiger partial charge in [-0.2, -0.15) is 5.26 Å². The van der Waals surface area contributed by atoms with Crippen molar-refractivity contribution in [2.45, 2.75) is 11.3 Å². The summed E-state index contributed by atoms with van der Waals surface area (Å²) in [7, 11) is -4.24. The highest BCUT2D eigenvalue weighted by molar-refractivity contribution is 14.1. The zero-order valence-corrected chi connectivity index (χ0v) is 10.5. The van der Waals surface area contributed by atoms with Crippen LogP contribution in [0.25, 0.3) is 0 Å². The summed E-state index contributed by atoms with van der Waals surface area (Å²) >= 11 is 1.38. The number of nitrogens with two attached hydrogens (primary N) is 1. The van der Waals surface area contributed by atoms with E-state index >= 15 is 0 Å². The monoisotopic (exact) mass is 359 g/mol. The first-order chi connectivity index (χ1) is 7.29. The van der Waals surface area contributed by atoms with Crippen LogP contribution in [0.1, 0.15) is 17.7 Å². The SMILES string of the molecule is N#Cc1cnc(C(F)F)c(I)c1S(N)(=O)=O. The summed E-state index contributed by atoms with van der Waals surface area (Å²) in [5.74, 6) is 0. The molecule has 0 aromatic carbocycles. The molecule has 0 saturated heterocycles. The Kier molecular flexibility index (Phi) is 3.76. The summed E-state index contributed by atoms with van der Waals surface area (Å²) in [4.78, 5) is 2.71. The van der Waals surface area contributed by atoms with Crippen LogP contribution < -0.4 is 5.14 Å². The molecule has 1 aromatic heterocycles. The van der Waals surface area contributed by atoms with Crippen molar-refractivity contribution in [1.82, 2.24) is 4.98 Å². The Morgan fingerprint density at radius 2 is 2.12 bits per heavy atom. The highest BCUT2D eigenvalue weighted by atomic mass is 127. The van der Waals surface area contributed by atoms with Crippen molar-refractivity contribution in [2.24, 2.45) is 5.14 Å². The molecule has 86 valence electrons. The van der Waals surface area contributed by atoms with Crippen LogP contribution in [-0.4, -0.2) is 13.4 Å². The molecule has 0 atom stereocenters. The number of nitriles is 1. The van der Waals surface area contributed by atoms with Gasteiger partial charge in [-0.05, 0) is 22.6 Å². The highest BCUT2D eigenvalue weighted by Crippen LogP contribution is 2.28. The minimum atomic E-state index is -4.24. The third-order valence-corrected chi connectivity index (χ3v) is 4.06. The second-order valence-corrected chi connectivity index (χ2v) is 5.23. The van der Waals surface area contributed by atoms with E-state index in [9.17, 15) is 17.2 Å². The maximum Gasteiger partial charge on any atom is 0.281 e. The molecule has 0 unspecified atom stereocenters. The van der Waals surface area contributed by atoms with Crippen molar-refractivity contribution >= 4 is 32.6 Å². The largest absolute Gasteiger partial charge is 0.281 e. The third kappa shape index (κ3) is 2.45. The van der Waals surface area contributed by atoms with Gasteiger partial charge in [0.1, 0.15) is 16.7 Å². The Morgan fingerprint density at radius 1 is 1.56 bits per heavy atom. The van der Waals surface area contributed by atoms with Crippen LogP contribution in [0.4, 0.5) is 8.78 Å². The van der Waals surface area contributed by atoms with E-state index < -0.39 is 27.0 Å². The lowest BCUT2D eigenvalue weighted by atomic mass is 10.2. The molecule has 0 radical (unpaired) electrons. The van der Waals surface area contributed by atoms with Crippen LogP contribution in [0, 0.1) is 14.9 Å². The first-order valence-corrected chi connectivity index (χ1v) is 6.31. The van der Waals surface area contributed by atoms with Gasteiger partial charge in [-0.25, -0.2) is 22.3 Å². The minimum absolute atomic E-state index is 0.325. The minimum Gasteiger partial charge on any atom is -0.253 e. The van der Waals surface area contributed by atoms with Gasteiger partial charge in [0.15, 0.2) is 0 Å². The summed E-state index contributed by atoms with van der Waals surface area (Å²) in [5.41, 5.74) is -1.06. The van der Waals surface area contributed by atoms with Gasteiger partial charge in [0.2, 0.25) is 10.0 Å². The van der Waals surface area contributed by atoms with E-state index in [1.54, 1.807) is 0 Å². The summed E-state index contributed by atoms with van der Waals surface area (Å²) < 4.78 is 46.9. The van der Waals surface area contributed by atoms with Crippen LogP contribution >= 0.6 is 22.6 Å². The lowest BCUT2D eigenvalue weighted by molar-refractivity contribution is 0.144. The Bertz CT molecular complexity index is 568. The lowest BCUT2D eigenvalue weighted by Gasteiger charge is -2.08. The zero-order chi connectivity index (χ0) is 12.5. The Morgan fingerprint density at radius 3 is 2.50 bits per heavy atom. The second-order valence-electron chi connectivity index (χ2n) is 2.66. The van der Waals surface area contributed by atoms with Crippen LogP contribution in [0.5, 0.6) is 0 Å². The molecule has 2 N–H and O–H groups in total. The van der Waals surface area contributed by atoms with Gasteiger partial charge in [0.25, 0.3) is 6.43 Å². The molecule has 9 heteroatoms. The average molecular weight is 359 g/mol. The number of sulfonamides is 1. The van der Waals surface area contributed by atoms with Crippen molar-refractivity contribution in [3.63, 3.8) is 0 Å². The van der Waals surface area contributed by atoms with Crippen LogP contribution in [0.15, 0.2) is 11.1 Å². The smallest absolute Gasteiger partial charge is 0.253 e. The molecule has 0 amide bonds. The van der Waals surface area contributed by atoms with Crippen LogP contribution in [0.3, 0.4) is 0 Å². The highest BCUT2D eigenvalue weighted by Gasteiger charge is 2.25. The fraction of sp³-hybridized carbons (Fsp3) is 0.143. The Labute approximate surface area is 103 Å². The van der Waals surface area contributed by atoms with E-state index in [0.29, 0.717) is 0 Å². The molecule has 1 aromatic rings. The van der Waals surface area contributed by atoms with E-state index in [1.165, 1.54) is 28.7 Å². The van der Waals surface area contributed by atoms with E-state index in [4.69, 9.17) is 10.4 Å². The molecule has 0 aliphatic heterocycles. The van der Waals surface area contributed by atoms with Gasteiger partial charge in [0, 0.05) is 6.20 Å². The first kappa shape index (κ1) is 13.2. The van der Waals surface area contributed by atoms with Gasteiger partial charge < -0.3 is 0 Å². The normalized spacial score (nSPS) is 11.5. The summed E-state index contributed by atoms with van der Waals surface area (Å²) in [6.45, 7) is 0. The molecular formula is C7H4F2IN3O2S. The van der Waals surface area contributed by atoms with Crippen molar-refractivity contribution in [1.29, 1.82) is 5.26 Å². The second kappa shape index (κ2) is 4.56. The maximum atomic E-state index is 12.4. The molecular weight excluding hydrogens is 355 g/mol. The quantitative estimate of drug-likeness (QED) is 0.801. The summed E-state index contributed by atoms with van der Waals surface area (Å²) in [6.07, 6.45) is -2.16. The molecule has 0 saturated carbocycles. The predicted octanol–water partition coefficient (Wildman–Crippen LogP) is 1.14. The molecule has 5 nitrogen and oxygen atoms in total. The number of primary sulfonamides is 1. The number of hydrogen-bond acceptors (Lipinski definition) is 4. The molecule has 16 heavy (non-hydrogen) atoms. The zero-order valence-electron chi connectivity index (χ0n) is 7.49. The van der Waals surface area contributed by atoms with Crippen molar-refractivity contribution in [3.05, 3.63) is 21.0 Å². The summed E-state index contributed by atoms with van der Waals surface area (Å²) in [6, 6.07) is 1.54. The molecule has 0 bridgehead atoms. The maximum absolute atomic E-state index is 12.4. The van der Waals surface area contributed by atoms with Crippen molar-refractivity contribution in [2.75, 3.05) is 0 Å². The van der Waals surface area contributed by atoms with Gasteiger partial charge >= 0.3 is 0 Å². The molecule has 0 aliphatic carbocycles. The number of hydrogen-bond donors (Lipinski definition) is 1. The molecule has 1 rings (SSSR count). The number of nitrogens with zero attached hydrogens (tertiary/aromatic N) is 2. The fourth-order valence-electron chi connectivity index (χ4n) is 0.994. The number of rotatable bonds is 2. The molecule has 1 heterocycles. The van der Waals surface area contributed by atoms with Gasteiger partial charge in [-0.1, -0.05) is 0 Å². The van der Waals surface area contributed by atoms with Gasteiger partial charge in [-0.3, -0.25) is 4.98 Å². The van der Waals surface area contributed by atoms with Gasteiger partial charge in [-0.15, -0.1) is 0 Å². The lowest BCUT2D eigenvalue weighted by Crippen LogP contribution is -2.17. The average Bonchev–Trinajstić information content (AvgIpc) is 2.14. The topological polar surface area (TPSA) is 96.8 Å². The fourth-order valence-corrected chi connectivity index (χ4v) is 3.34. The molecule has 0 aliphatic rings. The number of alkyl halides is 2. The van der Waals surface area contributed by atoms with E-state index in [-0.39, 0.29) is 9.13 Å². The van der Waals surface area contributed by atoms with E-state index in [0.717, 1.165) is 6.20 Å². The standard InChI is InChI=1S/C7H4F2IN3O2S/c8-7(9)5-4(10)6(16(12,14)15)3(1-11)2-13-5/h2,7H,(H2,12,14,15). The summed E-state index contributed by atoms with van der Waals surface area (Å²) in [5, 5.41) is 13.5. The Balaban J connectivity index is 3.69.